The van der Waals surface area contributed by atoms with Gasteiger partial charge >= 0.3 is 5.97 Å². The van der Waals surface area contributed by atoms with Crippen molar-refractivity contribution in [1.29, 1.82) is 0 Å². The average molecular weight is 316 g/mol. The van der Waals surface area contributed by atoms with Crippen molar-refractivity contribution in [3.63, 3.8) is 0 Å². The molecule has 0 bridgehead atoms. The first kappa shape index (κ1) is 16.6. The van der Waals surface area contributed by atoms with E-state index in [0.717, 1.165) is 36.0 Å². The molecule has 0 aliphatic rings. The second kappa shape index (κ2) is 7.49. The predicted molar refractivity (Wildman–Crippen MR) is 85.7 cm³/mol. The number of aromatic nitrogens is 2. The number of methoxy groups -OCH3 is 1. The Bertz CT molecular complexity index is 719. The highest BCUT2D eigenvalue weighted by Crippen LogP contribution is 2.24. The van der Waals surface area contributed by atoms with E-state index in [2.05, 4.69) is 12.0 Å². The van der Waals surface area contributed by atoms with Crippen LogP contribution in [0.3, 0.4) is 0 Å². The van der Waals surface area contributed by atoms with Gasteiger partial charge in [-0.3, -0.25) is 0 Å². The summed E-state index contributed by atoms with van der Waals surface area (Å²) in [6, 6.07) is 7.49. The van der Waals surface area contributed by atoms with Gasteiger partial charge in [-0.2, -0.15) is 5.10 Å². The van der Waals surface area contributed by atoms with Crippen LogP contribution in [0.1, 0.15) is 24.6 Å². The first-order valence-corrected chi connectivity index (χ1v) is 7.34. The third-order valence-corrected chi connectivity index (χ3v) is 3.24. The highest BCUT2D eigenvalue weighted by molar-refractivity contribution is 5.84. The molecular formula is C17H20N2O4. The molecule has 2 aromatic rings. The van der Waals surface area contributed by atoms with Gasteiger partial charge in [0.1, 0.15) is 12.0 Å². The van der Waals surface area contributed by atoms with E-state index in [9.17, 15) is 4.79 Å². The van der Waals surface area contributed by atoms with E-state index in [1.807, 2.05) is 31.3 Å². The largest absolute Gasteiger partial charge is 0.500 e. The molecule has 1 aromatic heterocycles. The van der Waals surface area contributed by atoms with Gasteiger partial charge in [-0.1, -0.05) is 19.4 Å². The van der Waals surface area contributed by atoms with E-state index < -0.39 is 5.97 Å². The molecule has 0 atom stereocenters. The summed E-state index contributed by atoms with van der Waals surface area (Å²) >= 11 is 0. The van der Waals surface area contributed by atoms with Crippen molar-refractivity contribution in [2.24, 2.45) is 0 Å². The highest BCUT2D eigenvalue weighted by Gasteiger charge is 2.13. The average Bonchev–Trinajstić information content (AvgIpc) is 2.97. The number of rotatable bonds is 7. The topological polar surface area (TPSA) is 73.6 Å². The quantitative estimate of drug-likeness (QED) is 0.627. The van der Waals surface area contributed by atoms with Gasteiger partial charge in [0.15, 0.2) is 0 Å². The maximum Gasteiger partial charge on any atom is 0.375 e. The summed E-state index contributed by atoms with van der Waals surface area (Å²) in [7, 11) is 1.37. The number of aryl methyl sites for hydroxylation is 2. The fraction of sp³-hybridized carbons (Fsp3) is 0.294. The molecule has 0 amide bonds. The molecule has 0 saturated heterocycles. The zero-order chi connectivity index (χ0) is 16.8. The van der Waals surface area contributed by atoms with Gasteiger partial charge in [-0.15, -0.1) is 0 Å². The lowest BCUT2D eigenvalue weighted by Crippen LogP contribution is -2.09. The molecule has 1 aromatic carbocycles. The summed E-state index contributed by atoms with van der Waals surface area (Å²) < 4.78 is 11.9. The molecule has 0 unspecified atom stereocenters. The fourth-order valence-electron chi connectivity index (χ4n) is 2.08. The Morgan fingerprint density at radius 2 is 2.17 bits per heavy atom. The zero-order valence-corrected chi connectivity index (χ0v) is 13.4. The molecule has 6 heteroatoms. The Morgan fingerprint density at radius 3 is 2.83 bits per heavy atom. The molecule has 23 heavy (non-hydrogen) atoms. The number of carboxylic acid groups (broad SMARTS) is 1. The Kier molecular flexibility index (Phi) is 5.41. The molecule has 0 saturated carbocycles. The number of hydrogen-bond acceptors (Lipinski definition) is 4. The minimum atomic E-state index is -1.19. The molecule has 0 radical (unpaired) electrons. The second-order valence-corrected chi connectivity index (χ2v) is 5.08. The van der Waals surface area contributed by atoms with E-state index in [-0.39, 0.29) is 5.76 Å². The maximum absolute atomic E-state index is 11.1. The lowest BCUT2D eigenvalue weighted by molar-refractivity contribution is -0.135. The summed E-state index contributed by atoms with van der Waals surface area (Å²) in [5.74, 6) is -1.03. The Morgan fingerprint density at radius 1 is 1.39 bits per heavy atom. The zero-order valence-electron chi connectivity index (χ0n) is 13.4. The first-order chi connectivity index (χ1) is 11.0. The SMILES string of the molecule is CCCc1ccn(-c2ccc(C)c(O/C(=C\OC)C(=O)O)c2)n1. The number of carbonyl (C=O) groups is 1. The van der Waals surface area contributed by atoms with Crippen molar-refractivity contribution in [2.45, 2.75) is 26.7 Å². The smallest absolute Gasteiger partial charge is 0.375 e. The van der Waals surface area contributed by atoms with Crippen LogP contribution in [0.25, 0.3) is 5.69 Å². The molecule has 0 aliphatic heterocycles. The summed E-state index contributed by atoms with van der Waals surface area (Å²) in [5.41, 5.74) is 2.63. The molecule has 0 fully saturated rings. The third-order valence-electron chi connectivity index (χ3n) is 3.24. The predicted octanol–water partition coefficient (Wildman–Crippen LogP) is 3.08. The molecule has 6 nitrogen and oxygen atoms in total. The van der Waals surface area contributed by atoms with Gasteiger partial charge in [0.2, 0.25) is 5.76 Å². The van der Waals surface area contributed by atoms with Gasteiger partial charge in [-0.05, 0) is 31.0 Å². The Hall–Kier alpha value is -2.76. The number of benzene rings is 1. The van der Waals surface area contributed by atoms with Crippen LogP contribution in [0.15, 0.2) is 42.5 Å². The maximum atomic E-state index is 11.1. The van der Waals surface area contributed by atoms with Crippen LogP contribution in [0.2, 0.25) is 0 Å². The molecule has 1 N–H and O–H groups in total. The van der Waals surface area contributed by atoms with Crippen molar-refractivity contribution < 1.29 is 19.4 Å². The van der Waals surface area contributed by atoms with Crippen molar-refractivity contribution in [2.75, 3.05) is 7.11 Å². The third kappa shape index (κ3) is 4.12. The Labute approximate surface area is 135 Å². The van der Waals surface area contributed by atoms with E-state index in [4.69, 9.17) is 14.6 Å². The number of carboxylic acids is 1. The van der Waals surface area contributed by atoms with Crippen LogP contribution in [-0.2, 0) is 16.0 Å². The van der Waals surface area contributed by atoms with Crippen molar-refractivity contribution in [3.8, 4) is 11.4 Å². The van der Waals surface area contributed by atoms with Crippen LogP contribution >= 0.6 is 0 Å². The standard InChI is InChI=1S/C17H20N2O4/c1-4-5-13-8-9-19(18-13)14-7-6-12(2)15(10-14)23-16(11-22-3)17(20)21/h6-11H,4-5H2,1-3H3,(H,20,21)/b16-11-. The van der Waals surface area contributed by atoms with Gasteiger partial charge in [0.25, 0.3) is 0 Å². The summed E-state index contributed by atoms with van der Waals surface area (Å²) in [5, 5.41) is 13.6. The molecule has 122 valence electrons. The van der Waals surface area contributed by atoms with Crippen LogP contribution in [0, 0.1) is 6.92 Å². The van der Waals surface area contributed by atoms with E-state index in [0.29, 0.717) is 5.75 Å². The van der Waals surface area contributed by atoms with Crippen LogP contribution in [-0.4, -0.2) is 28.0 Å². The highest BCUT2D eigenvalue weighted by atomic mass is 16.5. The number of nitrogens with zero attached hydrogens (tertiary/aromatic N) is 2. The molecule has 0 spiro atoms. The van der Waals surface area contributed by atoms with Gasteiger partial charge < -0.3 is 14.6 Å². The lowest BCUT2D eigenvalue weighted by Gasteiger charge is -2.11. The first-order valence-electron chi connectivity index (χ1n) is 7.34. The minimum absolute atomic E-state index is 0.278. The van der Waals surface area contributed by atoms with E-state index in [1.165, 1.54) is 7.11 Å². The van der Waals surface area contributed by atoms with Gasteiger partial charge in [-0.25, -0.2) is 9.48 Å². The van der Waals surface area contributed by atoms with Crippen LogP contribution < -0.4 is 4.74 Å². The van der Waals surface area contributed by atoms with Gasteiger partial charge in [0, 0.05) is 12.3 Å². The molecule has 2 rings (SSSR count). The monoisotopic (exact) mass is 316 g/mol. The number of aliphatic carboxylic acids is 1. The molecular weight excluding hydrogens is 296 g/mol. The lowest BCUT2D eigenvalue weighted by atomic mass is 10.2. The number of hydrogen-bond donors (Lipinski definition) is 1. The summed E-state index contributed by atoms with van der Waals surface area (Å²) in [6.45, 7) is 3.95. The number of ether oxygens (including phenoxy) is 2. The van der Waals surface area contributed by atoms with Crippen molar-refractivity contribution in [3.05, 3.63) is 53.7 Å². The van der Waals surface area contributed by atoms with Crippen LogP contribution in [0.5, 0.6) is 5.75 Å². The fourth-order valence-corrected chi connectivity index (χ4v) is 2.08. The molecule has 1 heterocycles. The Balaban J connectivity index is 2.31. The van der Waals surface area contributed by atoms with Crippen molar-refractivity contribution >= 4 is 5.97 Å². The van der Waals surface area contributed by atoms with Crippen molar-refractivity contribution in [1.82, 2.24) is 9.78 Å². The summed E-state index contributed by atoms with van der Waals surface area (Å²) in [4.78, 5) is 11.1. The molecule has 0 aliphatic carbocycles. The van der Waals surface area contributed by atoms with E-state index in [1.54, 1.807) is 10.7 Å². The van der Waals surface area contributed by atoms with E-state index >= 15 is 0 Å². The summed E-state index contributed by atoms with van der Waals surface area (Å²) in [6.07, 6.45) is 4.88. The van der Waals surface area contributed by atoms with Gasteiger partial charge in [0.05, 0.1) is 18.5 Å². The second-order valence-electron chi connectivity index (χ2n) is 5.08. The van der Waals surface area contributed by atoms with Crippen LogP contribution in [0.4, 0.5) is 0 Å². The normalized spacial score (nSPS) is 11.3. The minimum Gasteiger partial charge on any atom is -0.500 e.